The first-order chi connectivity index (χ1) is 9.68. The lowest BCUT2D eigenvalue weighted by Crippen LogP contribution is -2.45. The van der Waals surface area contributed by atoms with Gasteiger partial charge in [0.2, 0.25) is 0 Å². The molecule has 0 unspecified atom stereocenters. The van der Waals surface area contributed by atoms with Crippen LogP contribution in [-0.4, -0.2) is 32.3 Å². The van der Waals surface area contributed by atoms with Gasteiger partial charge in [0.25, 0.3) is 0 Å². The Hall–Kier alpha value is -1.37. The quantitative estimate of drug-likeness (QED) is 0.842. The van der Waals surface area contributed by atoms with Crippen molar-refractivity contribution in [3.8, 4) is 5.75 Å². The van der Waals surface area contributed by atoms with Crippen LogP contribution in [-0.2, 0) is 0 Å². The number of halogens is 5. The van der Waals surface area contributed by atoms with Gasteiger partial charge in [-0.15, -0.1) is 0 Å². The fourth-order valence-electron chi connectivity index (χ4n) is 2.62. The van der Waals surface area contributed by atoms with Crippen molar-refractivity contribution in [1.82, 2.24) is 5.32 Å². The molecule has 1 heterocycles. The Morgan fingerprint density at radius 1 is 1.10 bits per heavy atom. The largest absolute Gasteiger partial charge is 0.497 e. The standard InChI is InChI=1S/C14H16F5NO/c1-8-6-20-7-12(13(15,16)14(17,18)19)11-5-9(21-2)3-4-10(8)11/h3-5,8,12,20H,6-7H2,1-2H3/t8-,12+/m1/s1. The lowest BCUT2D eigenvalue weighted by atomic mass is 9.85. The Morgan fingerprint density at radius 3 is 2.33 bits per heavy atom. The zero-order valence-corrected chi connectivity index (χ0v) is 11.6. The van der Waals surface area contributed by atoms with Crippen molar-refractivity contribution in [2.75, 3.05) is 20.2 Å². The third kappa shape index (κ3) is 2.84. The number of hydrogen-bond acceptors (Lipinski definition) is 2. The molecule has 1 aliphatic heterocycles. The Balaban J connectivity index is 2.56. The van der Waals surface area contributed by atoms with E-state index in [2.05, 4.69) is 5.32 Å². The minimum absolute atomic E-state index is 0.00539. The predicted octanol–water partition coefficient (Wildman–Crippen LogP) is 3.68. The number of methoxy groups -OCH3 is 1. The molecule has 7 heteroatoms. The van der Waals surface area contributed by atoms with Crippen molar-refractivity contribution in [3.05, 3.63) is 29.3 Å². The summed E-state index contributed by atoms with van der Waals surface area (Å²) in [7, 11) is 1.34. The first kappa shape index (κ1) is 16.0. The van der Waals surface area contributed by atoms with Crippen molar-refractivity contribution in [1.29, 1.82) is 0 Å². The molecule has 118 valence electrons. The van der Waals surface area contributed by atoms with Gasteiger partial charge in [-0.2, -0.15) is 22.0 Å². The van der Waals surface area contributed by atoms with Gasteiger partial charge in [0.15, 0.2) is 0 Å². The van der Waals surface area contributed by atoms with Gasteiger partial charge >= 0.3 is 12.1 Å². The summed E-state index contributed by atoms with van der Waals surface area (Å²) in [5.41, 5.74) is 0.490. The van der Waals surface area contributed by atoms with Crippen LogP contribution < -0.4 is 10.1 Å². The molecule has 1 aromatic rings. The zero-order valence-electron chi connectivity index (χ0n) is 11.6. The second kappa shape index (κ2) is 5.44. The molecule has 0 radical (unpaired) electrons. The molecule has 0 aliphatic carbocycles. The highest BCUT2D eigenvalue weighted by Crippen LogP contribution is 2.48. The normalized spacial score (nSPS) is 23.4. The Morgan fingerprint density at radius 2 is 1.76 bits per heavy atom. The van der Waals surface area contributed by atoms with Crippen LogP contribution in [0.15, 0.2) is 18.2 Å². The first-order valence-electron chi connectivity index (χ1n) is 6.51. The van der Waals surface area contributed by atoms with Gasteiger partial charge in [0, 0.05) is 13.1 Å². The van der Waals surface area contributed by atoms with Crippen molar-refractivity contribution < 1.29 is 26.7 Å². The van der Waals surface area contributed by atoms with E-state index in [1.165, 1.54) is 13.2 Å². The van der Waals surface area contributed by atoms with E-state index in [-0.39, 0.29) is 17.2 Å². The van der Waals surface area contributed by atoms with Crippen LogP contribution in [0.3, 0.4) is 0 Å². The Bertz CT molecular complexity index is 515. The van der Waals surface area contributed by atoms with Crippen LogP contribution in [0.2, 0.25) is 0 Å². The highest BCUT2D eigenvalue weighted by atomic mass is 19.4. The molecule has 0 amide bonds. The van der Waals surface area contributed by atoms with E-state index >= 15 is 0 Å². The van der Waals surface area contributed by atoms with Crippen molar-refractivity contribution in [2.24, 2.45) is 0 Å². The maximum absolute atomic E-state index is 13.8. The third-order valence-corrected chi connectivity index (χ3v) is 3.81. The van der Waals surface area contributed by atoms with E-state index in [1.54, 1.807) is 19.1 Å². The molecule has 0 fully saturated rings. The van der Waals surface area contributed by atoms with Crippen LogP contribution in [0.25, 0.3) is 0 Å². The van der Waals surface area contributed by atoms with Crippen LogP contribution in [0.4, 0.5) is 22.0 Å². The van der Waals surface area contributed by atoms with Gasteiger partial charge in [-0.3, -0.25) is 0 Å². The second-order valence-electron chi connectivity index (χ2n) is 5.23. The SMILES string of the molecule is COc1ccc2c(c1)[C@@H](C(F)(F)C(F)(F)F)CNC[C@H]2C. The minimum atomic E-state index is -5.59. The van der Waals surface area contributed by atoms with Crippen molar-refractivity contribution in [3.63, 3.8) is 0 Å². The number of fused-ring (bicyclic) bond motifs is 1. The first-order valence-corrected chi connectivity index (χ1v) is 6.51. The van der Waals surface area contributed by atoms with E-state index in [9.17, 15) is 22.0 Å². The van der Waals surface area contributed by atoms with E-state index < -0.39 is 24.6 Å². The number of ether oxygens (including phenoxy) is 1. The average Bonchev–Trinajstić information content (AvgIpc) is 2.56. The highest BCUT2D eigenvalue weighted by Gasteiger charge is 2.62. The minimum Gasteiger partial charge on any atom is -0.497 e. The van der Waals surface area contributed by atoms with E-state index in [1.807, 2.05) is 0 Å². The summed E-state index contributed by atoms with van der Waals surface area (Å²) in [6.07, 6.45) is -5.59. The molecule has 0 saturated carbocycles. The molecule has 1 aliphatic rings. The van der Waals surface area contributed by atoms with Crippen LogP contribution in [0.5, 0.6) is 5.75 Å². The average molecular weight is 309 g/mol. The second-order valence-corrected chi connectivity index (χ2v) is 5.23. The Labute approximate surface area is 119 Å². The lowest BCUT2D eigenvalue weighted by Gasteiger charge is -2.29. The fraction of sp³-hybridized carbons (Fsp3) is 0.571. The van der Waals surface area contributed by atoms with E-state index in [4.69, 9.17) is 4.74 Å². The highest BCUT2D eigenvalue weighted by molar-refractivity contribution is 5.42. The summed E-state index contributed by atoms with van der Waals surface area (Å²) in [6.45, 7) is 1.70. The Kier molecular flexibility index (Phi) is 4.15. The molecule has 2 rings (SSSR count). The molecule has 21 heavy (non-hydrogen) atoms. The van der Waals surface area contributed by atoms with E-state index in [0.29, 0.717) is 12.1 Å². The smallest absolute Gasteiger partial charge is 0.453 e. The summed E-state index contributed by atoms with van der Waals surface area (Å²) in [6, 6.07) is 4.41. The van der Waals surface area contributed by atoms with Crippen LogP contribution >= 0.6 is 0 Å². The summed E-state index contributed by atoms with van der Waals surface area (Å²) in [5, 5.41) is 2.69. The number of hydrogen-bond donors (Lipinski definition) is 1. The molecule has 0 saturated heterocycles. The maximum Gasteiger partial charge on any atom is 0.453 e. The predicted molar refractivity (Wildman–Crippen MR) is 68.0 cm³/mol. The van der Waals surface area contributed by atoms with Gasteiger partial charge in [0.05, 0.1) is 13.0 Å². The molecule has 2 nitrogen and oxygen atoms in total. The van der Waals surface area contributed by atoms with Gasteiger partial charge < -0.3 is 10.1 Å². The van der Waals surface area contributed by atoms with Crippen molar-refractivity contribution >= 4 is 0 Å². The molecule has 1 aromatic carbocycles. The zero-order chi connectivity index (χ0) is 15.8. The monoisotopic (exact) mass is 309 g/mol. The number of alkyl halides is 5. The van der Waals surface area contributed by atoms with Gasteiger partial charge in [-0.05, 0) is 29.2 Å². The molecule has 2 atom stereocenters. The summed E-state index contributed by atoms with van der Waals surface area (Å²) in [4.78, 5) is 0. The third-order valence-electron chi connectivity index (χ3n) is 3.81. The number of nitrogens with one attached hydrogen (secondary N) is 1. The molecule has 0 bridgehead atoms. The fourth-order valence-corrected chi connectivity index (χ4v) is 2.62. The van der Waals surface area contributed by atoms with Crippen LogP contribution in [0, 0.1) is 0 Å². The molecular weight excluding hydrogens is 293 g/mol. The van der Waals surface area contributed by atoms with Crippen LogP contribution in [0.1, 0.15) is 29.9 Å². The molecular formula is C14H16F5NO. The summed E-state index contributed by atoms with van der Waals surface area (Å²) in [5.74, 6) is -6.65. The maximum atomic E-state index is 13.8. The molecule has 0 aromatic heterocycles. The van der Waals surface area contributed by atoms with Crippen molar-refractivity contribution in [2.45, 2.75) is 30.9 Å². The van der Waals surface area contributed by atoms with E-state index in [0.717, 1.165) is 0 Å². The van der Waals surface area contributed by atoms with Gasteiger partial charge in [-0.1, -0.05) is 13.0 Å². The number of benzene rings is 1. The summed E-state index contributed by atoms with van der Waals surface area (Å²) >= 11 is 0. The lowest BCUT2D eigenvalue weighted by molar-refractivity contribution is -0.290. The van der Waals surface area contributed by atoms with Gasteiger partial charge in [0.1, 0.15) is 5.75 Å². The van der Waals surface area contributed by atoms with Gasteiger partial charge in [-0.25, -0.2) is 0 Å². The number of rotatable bonds is 2. The topological polar surface area (TPSA) is 21.3 Å². The molecule has 0 spiro atoms. The summed E-state index contributed by atoms with van der Waals surface area (Å²) < 4.78 is 70.8. The molecule has 1 N–H and O–H groups in total.